The minimum absolute atomic E-state index is 0.0227. The van der Waals surface area contributed by atoms with E-state index in [0.717, 1.165) is 33.6 Å². The van der Waals surface area contributed by atoms with Gasteiger partial charge in [-0.1, -0.05) is 17.8 Å². The van der Waals surface area contributed by atoms with Crippen molar-refractivity contribution < 1.29 is 0 Å². The second kappa shape index (κ2) is 6.37. The van der Waals surface area contributed by atoms with Gasteiger partial charge in [-0.2, -0.15) is 0 Å². The molecule has 0 aromatic carbocycles. The van der Waals surface area contributed by atoms with E-state index in [1.165, 1.54) is 0 Å². The zero-order chi connectivity index (χ0) is 16.5. The Morgan fingerprint density at radius 2 is 2.21 bits per heavy atom. The highest BCUT2D eigenvalue weighted by Crippen LogP contribution is 2.28. The fourth-order valence-electron chi connectivity index (χ4n) is 2.80. The van der Waals surface area contributed by atoms with Gasteiger partial charge in [-0.3, -0.25) is 15.0 Å². The van der Waals surface area contributed by atoms with Crippen LogP contribution in [0, 0.1) is 0 Å². The third-order valence-electron chi connectivity index (χ3n) is 3.91. The first kappa shape index (κ1) is 15.3. The Bertz CT molecular complexity index is 840. The van der Waals surface area contributed by atoms with Gasteiger partial charge in [0.25, 0.3) is 0 Å². The molecule has 2 atom stereocenters. The first-order valence-corrected chi connectivity index (χ1v) is 9.39. The third kappa shape index (κ3) is 2.71. The Hall–Kier alpha value is -2.19. The summed E-state index contributed by atoms with van der Waals surface area (Å²) in [6.45, 7) is 0. The van der Waals surface area contributed by atoms with Crippen molar-refractivity contribution in [3.63, 3.8) is 0 Å². The van der Waals surface area contributed by atoms with Crippen LogP contribution in [0.15, 0.2) is 50.8 Å². The number of hydrogen-bond donors (Lipinski definition) is 2. The maximum atomic E-state index is 5.87. The number of thioether (sulfide) groups is 1. The van der Waals surface area contributed by atoms with E-state index >= 15 is 0 Å². The number of pyridine rings is 1. The number of aliphatic imine (C=N–C) groups is 3. The number of anilines is 1. The van der Waals surface area contributed by atoms with Gasteiger partial charge < -0.3 is 11.1 Å². The number of thiophene rings is 1. The van der Waals surface area contributed by atoms with Gasteiger partial charge in [-0.25, -0.2) is 4.98 Å². The van der Waals surface area contributed by atoms with Gasteiger partial charge in [0.2, 0.25) is 0 Å². The Kier molecular flexibility index (Phi) is 4.07. The fraction of sp³-hybridized carbons (Fsp3) is 0.250. The van der Waals surface area contributed by atoms with Crippen molar-refractivity contribution in [3.8, 4) is 0 Å². The lowest BCUT2D eigenvalue weighted by molar-refractivity contribution is 0.698. The number of aromatic nitrogens is 1. The molecule has 4 heterocycles. The maximum Gasteiger partial charge on any atom is 0.154 e. The van der Waals surface area contributed by atoms with Crippen LogP contribution >= 0.6 is 23.1 Å². The standard InChI is InChI=1S/C16H16N6S2/c1-18-15-13(10-8-24-16(17)20-10)21-12(11-5-3-7-23-11)9-4-2-6-19-14(9)22-15/h2-7,10,13H,8H2,1H3,(H2,17,20)(H,18,19,22). The first-order chi connectivity index (χ1) is 11.8. The highest BCUT2D eigenvalue weighted by molar-refractivity contribution is 8.14. The van der Waals surface area contributed by atoms with Crippen LogP contribution in [0.5, 0.6) is 0 Å². The molecule has 4 rings (SSSR count). The molecule has 3 N–H and O–H groups in total. The van der Waals surface area contributed by atoms with Crippen molar-refractivity contribution in [2.24, 2.45) is 20.7 Å². The number of nitrogens with two attached hydrogens (primary N) is 1. The zero-order valence-electron chi connectivity index (χ0n) is 13.0. The van der Waals surface area contributed by atoms with Gasteiger partial charge in [-0.15, -0.1) is 11.3 Å². The molecule has 24 heavy (non-hydrogen) atoms. The summed E-state index contributed by atoms with van der Waals surface area (Å²) < 4.78 is 0. The van der Waals surface area contributed by atoms with Crippen LogP contribution in [-0.2, 0) is 0 Å². The van der Waals surface area contributed by atoms with Gasteiger partial charge in [-0.05, 0) is 23.6 Å². The molecular weight excluding hydrogens is 340 g/mol. The molecule has 2 unspecified atom stereocenters. The predicted molar refractivity (Wildman–Crippen MR) is 103 cm³/mol. The summed E-state index contributed by atoms with van der Waals surface area (Å²) in [5.41, 5.74) is 7.77. The van der Waals surface area contributed by atoms with E-state index in [2.05, 4.69) is 31.7 Å². The summed E-state index contributed by atoms with van der Waals surface area (Å²) in [5.74, 6) is 2.35. The van der Waals surface area contributed by atoms with Gasteiger partial charge >= 0.3 is 0 Å². The number of hydrogen-bond acceptors (Lipinski definition) is 7. The molecule has 2 aromatic heterocycles. The maximum absolute atomic E-state index is 5.87. The first-order valence-electron chi connectivity index (χ1n) is 7.53. The van der Waals surface area contributed by atoms with Crippen LogP contribution in [0.3, 0.4) is 0 Å². The zero-order valence-corrected chi connectivity index (χ0v) is 14.6. The van der Waals surface area contributed by atoms with Crippen molar-refractivity contribution in [1.82, 2.24) is 4.98 Å². The van der Waals surface area contributed by atoms with E-state index < -0.39 is 0 Å². The molecule has 2 aliphatic heterocycles. The minimum Gasteiger partial charge on any atom is -0.379 e. The summed E-state index contributed by atoms with van der Waals surface area (Å²) in [4.78, 5) is 19.6. The molecule has 8 heteroatoms. The molecule has 6 nitrogen and oxygen atoms in total. The summed E-state index contributed by atoms with van der Waals surface area (Å²) in [6.07, 6.45) is 1.77. The van der Waals surface area contributed by atoms with E-state index in [-0.39, 0.29) is 12.1 Å². The topological polar surface area (TPSA) is 88.0 Å². The quantitative estimate of drug-likeness (QED) is 0.864. The molecule has 0 bridgehead atoms. The van der Waals surface area contributed by atoms with Gasteiger partial charge in [0.1, 0.15) is 17.7 Å². The molecule has 0 radical (unpaired) electrons. The van der Waals surface area contributed by atoms with Crippen LogP contribution in [0.2, 0.25) is 0 Å². The third-order valence-corrected chi connectivity index (χ3v) is 5.70. The minimum atomic E-state index is -0.199. The van der Waals surface area contributed by atoms with Crippen molar-refractivity contribution >= 4 is 45.6 Å². The van der Waals surface area contributed by atoms with Gasteiger partial charge in [0.15, 0.2) is 5.17 Å². The molecule has 0 fully saturated rings. The van der Waals surface area contributed by atoms with Crippen LogP contribution in [0.25, 0.3) is 0 Å². The molecule has 122 valence electrons. The second-order valence-electron chi connectivity index (χ2n) is 5.38. The predicted octanol–water partition coefficient (Wildman–Crippen LogP) is 2.23. The smallest absolute Gasteiger partial charge is 0.154 e. The number of fused-ring (bicyclic) bond motifs is 1. The van der Waals surface area contributed by atoms with E-state index in [1.807, 2.05) is 18.2 Å². The number of nitrogens with zero attached hydrogens (tertiary/aromatic N) is 4. The second-order valence-corrected chi connectivity index (χ2v) is 7.37. The summed E-state index contributed by atoms with van der Waals surface area (Å²) in [5, 5.41) is 6.02. The van der Waals surface area contributed by atoms with Crippen LogP contribution < -0.4 is 11.1 Å². The SMILES string of the molecule is CN=C1Nc2ncccc2C(c2cccs2)=NC1C1CSC(N)=N1. The molecule has 0 amide bonds. The molecular formula is C16H16N6S2. The number of nitrogens with one attached hydrogen (secondary N) is 1. The molecule has 0 spiro atoms. The lowest BCUT2D eigenvalue weighted by atomic mass is 10.1. The lowest BCUT2D eigenvalue weighted by Crippen LogP contribution is -2.36. The Morgan fingerprint density at radius 3 is 2.92 bits per heavy atom. The Balaban J connectivity index is 1.88. The molecule has 2 aromatic rings. The molecule has 0 saturated heterocycles. The monoisotopic (exact) mass is 356 g/mol. The van der Waals surface area contributed by atoms with Crippen molar-refractivity contribution in [1.29, 1.82) is 0 Å². The van der Waals surface area contributed by atoms with E-state index in [9.17, 15) is 0 Å². The largest absolute Gasteiger partial charge is 0.379 e. The average Bonchev–Trinajstić information content (AvgIpc) is 3.24. The molecule has 0 aliphatic carbocycles. The van der Waals surface area contributed by atoms with E-state index in [4.69, 9.17) is 10.7 Å². The number of rotatable bonds is 2. The Morgan fingerprint density at radius 1 is 1.29 bits per heavy atom. The highest BCUT2D eigenvalue weighted by atomic mass is 32.2. The average molecular weight is 356 g/mol. The lowest BCUT2D eigenvalue weighted by Gasteiger charge is -2.18. The van der Waals surface area contributed by atoms with Gasteiger partial charge in [0, 0.05) is 24.6 Å². The summed E-state index contributed by atoms with van der Waals surface area (Å²) in [6, 6.07) is 7.84. The fourth-order valence-corrected chi connectivity index (χ4v) is 4.34. The van der Waals surface area contributed by atoms with Crippen LogP contribution in [0.4, 0.5) is 5.82 Å². The molecule has 0 saturated carbocycles. The van der Waals surface area contributed by atoms with Gasteiger partial charge in [0.05, 0.1) is 16.6 Å². The van der Waals surface area contributed by atoms with Crippen molar-refractivity contribution in [3.05, 3.63) is 46.3 Å². The van der Waals surface area contributed by atoms with Crippen LogP contribution in [-0.4, -0.2) is 46.6 Å². The van der Waals surface area contributed by atoms with E-state index in [0.29, 0.717) is 5.17 Å². The van der Waals surface area contributed by atoms with E-state index in [1.54, 1.807) is 36.3 Å². The number of amidine groups is 2. The Labute approximate surface area is 148 Å². The van der Waals surface area contributed by atoms with Crippen molar-refractivity contribution in [2.75, 3.05) is 18.1 Å². The molecule has 2 aliphatic rings. The summed E-state index contributed by atoms with van der Waals surface area (Å²) >= 11 is 3.23. The van der Waals surface area contributed by atoms with Crippen LogP contribution in [0.1, 0.15) is 10.4 Å². The normalized spacial score (nSPS) is 24.8. The van der Waals surface area contributed by atoms with Crippen molar-refractivity contribution in [2.45, 2.75) is 12.1 Å². The summed E-state index contributed by atoms with van der Waals surface area (Å²) in [7, 11) is 1.76. The highest BCUT2D eigenvalue weighted by Gasteiger charge is 2.33.